The lowest BCUT2D eigenvalue weighted by atomic mass is 10.0. The molecule has 0 aromatic heterocycles. The van der Waals surface area contributed by atoms with Crippen LogP contribution in [0, 0.1) is 5.82 Å². The molecule has 3 heteroatoms. The fourth-order valence-corrected chi connectivity index (χ4v) is 1.69. The van der Waals surface area contributed by atoms with Crippen LogP contribution in [0.2, 0.25) is 0 Å². The normalized spacial score (nSPS) is 15.3. The lowest BCUT2D eigenvalue weighted by Gasteiger charge is -2.04. The highest BCUT2D eigenvalue weighted by Gasteiger charge is 2.26. The Morgan fingerprint density at radius 3 is 2.80 bits per heavy atom. The number of nitrogens with one attached hydrogen (secondary N) is 1. The van der Waals surface area contributed by atoms with Gasteiger partial charge in [0.05, 0.1) is 6.54 Å². The summed E-state index contributed by atoms with van der Waals surface area (Å²) < 4.78 is 13.6. The smallest absolute Gasteiger partial charge is 0.176 e. The zero-order valence-corrected chi connectivity index (χ0v) is 8.72. The second-order valence-electron chi connectivity index (χ2n) is 3.96. The minimum absolute atomic E-state index is 0.0706. The van der Waals surface area contributed by atoms with Crippen molar-refractivity contribution in [1.82, 2.24) is 5.32 Å². The van der Waals surface area contributed by atoms with Crippen LogP contribution in [-0.2, 0) is 0 Å². The van der Waals surface area contributed by atoms with E-state index in [2.05, 4.69) is 5.32 Å². The largest absolute Gasteiger partial charge is 0.313 e. The number of carbonyl (C=O) groups is 1. The molecule has 0 amide bonds. The fraction of sp³-hybridized carbons (Fsp3) is 0.417. The molecule has 0 radical (unpaired) electrons. The minimum Gasteiger partial charge on any atom is -0.313 e. The monoisotopic (exact) mass is 207 g/mol. The summed E-state index contributed by atoms with van der Waals surface area (Å²) in [5.41, 5.74) is 1.21. The zero-order valence-electron chi connectivity index (χ0n) is 8.72. The maximum atomic E-state index is 13.6. The first-order valence-corrected chi connectivity index (χ1v) is 5.19. The van der Waals surface area contributed by atoms with E-state index in [-0.39, 0.29) is 18.1 Å². The Kier molecular flexibility index (Phi) is 2.82. The van der Waals surface area contributed by atoms with E-state index in [1.807, 2.05) is 0 Å². The number of halogens is 1. The molecule has 80 valence electrons. The van der Waals surface area contributed by atoms with Crippen molar-refractivity contribution in [2.75, 3.05) is 13.6 Å². The molecule has 0 unspecified atom stereocenters. The van der Waals surface area contributed by atoms with E-state index < -0.39 is 0 Å². The molecule has 1 fully saturated rings. The van der Waals surface area contributed by atoms with Crippen LogP contribution in [0.5, 0.6) is 0 Å². The van der Waals surface area contributed by atoms with Gasteiger partial charge in [0.1, 0.15) is 5.82 Å². The Morgan fingerprint density at radius 1 is 1.53 bits per heavy atom. The van der Waals surface area contributed by atoms with Gasteiger partial charge in [0.2, 0.25) is 0 Å². The molecule has 1 aliphatic carbocycles. The van der Waals surface area contributed by atoms with Gasteiger partial charge in [-0.1, -0.05) is 12.1 Å². The van der Waals surface area contributed by atoms with Crippen LogP contribution >= 0.6 is 0 Å². The lowest BCUT2D eigenvalue weighted by molar-refractivity contribution is 0.0993. The number of ketones is 1. The van der Waals surface area contributed by atoms with E-state index in [1.54, 1.807) is 19.2 Å². The molecule has 15 heavy (non-hydrogen) atoms. The quantitative estimate of drug-likeness (QED) is 0.766. The third-order valence-electron chi connectivity index (χ3n) is 2.68. The van der Waals surface area contributed by atoms with Crippen LogP contribution < -0.4 is 5.32 Å². The van der Waals surface area contributed by atoms with E-state index >= 15 is 0 Å². The van der Waals surface area contributed by atoms with Crippen LogP contribution in [0.3, 0.4) is 0 Å². The Hall–Kier alpha value is -1.22. The second kappa shape index (κ2) is 4.11. The Balaban J connectivity index is 2.20. The number of rotatable bonds is 4. The molecule has 0 spiro atoms. The SMILES string of the molecule is CNCC(=O)c1ccc(C2CC2)c(F)c1. The predicted molar refractivity (Wildman–Crippen MR) is 56.6 cm³/mol. The summed E-state index contributed by atoms with van der Waals surface area (Å²) in [5.74, 6) is 0.0802. The zero-order chi connectivity index (χ0) is 10.8. The number of likely N-dealkylation sites (N-methyl/N-ethyl adjacent to an activating group) is 1. The van der Waals surface area contributed by atoms with Gasteiger partial charge in [-0.3, -0.25) is 4.79 Å². The van der Waals surface area contributed by atoms with Gasteiger partial charge in [-0.15, -0.1) is 0 Å². The van der Waals surface area contributed by atoms with Crippen LogP contribution in [0.1, 0.15) is 34.7 Å². The van der Waals surface area contributed by atoms with Crippen LogP contribution in [0.25, 0.3) is 0 Å². The molecular weight excluding hydrogens is 193 g/mol. The van der Waals surface area contributed by atoms with Crippen molar-refractivity contribution in [3.05, 3.63) is 35.1 Å². The third-order valence-corrected chi connectivity index (χ3v) is 2.68. The Bertz CT molecular complexity index is 385. The molecule has 0 atom stereocenters. The van der Waals surface area contributed by atoms with E-state index in [0.29, 0.717) is 11.5 Å². The number of hydrogen-bond acceptors (Lipinski definition) is 2. The number of benzene rings is 1. The van der Waals surface area contributed by atoms with Crippen LogP contribution in [0.15, 0.2) is 18.2 Å². The highest BCUT2D eigenvalue weighted by Crippen LogP contribution is 2.41. The number of Topliss-reactive ketones (excluding diaryl/α,β-unsaturated/α-hetero) is 1. The highest BCUT2D eigenvalue weighted by atomic mass is 19.1. The van der Waals surface area contributed by atoms with Crippen molar-refractivity contribution in [1.29, 1.82) is 0 Å². The first-order valence-electron chi connectivity index (χ1n) is 5.19. The molecular formula is C12H14FNO. The summed E-state index contributed by atoms with van der Waals surface area (Å²) in [6.07, 6.45) is 2.14. The molecule has 0 saturated heterocycles. The van der Waals surface area contributed by atoms with E-state index in [1.165, 1.54) is 6.07 Å². The maximum absolute atomic E-state index is 13.6. The molecule has 1 N–H and O–H groups in total. The summed E-state index contributed by atoms with van der Waals surface area (Å²) in [6, 6.07) is 4.82. The minimum atomic E-state index is -0.237. The average Bonchev–Trinajstić information content (AvgIpc) is 3.01. The van der Waals surface area contributed by atoms with Crippen molar-refractivity contribution in [2.24, 2.45) is 0 Å². The average molecular weight is 207 g/mol. The van der Waals surface area contributed by atoms with Gasteiger partial charge in [-0.2, -0.15) is 0 Å². The van der Waals surface area contributed by atoms with Gasteiger partial charge in [0.25, 0.3) is 0 Å². The fourth-order valence-electron chi connectivity index (χ4n) is 1.69. The molecule has 1 aliphatic rings. The first-order chi connectivity index (χ1) is 7.22. The molecule has 0 heterocycles. The molecule has 1 aromatic carbocycles. The second-order valence-corrected chi connectivity index (χ2v) is 3.96. The summed E-state index contributed by atoms with van der Waals surface area (Å²) in [5, 5.41) is 2.76. The molecule has 0 aliphatic heterocycles. The van der Waals surface area contributed by atoms with Gasteiger partial charge in [-0.25, -0.2) is 4.39 Å². The van der Waals surface area contributed by atoms with Crippen molar-refractivity contribution in [3.63, 3.8) is 0 Å². The summed E-state index contributed by atoms with van der Waals surface area (Å²) >= 11 is 0. The van der Waals surface area contributed by atoms with E-state index in [0.717, 1.165) is 18.4 Å². The summed E-state index contributed by atoms with van der Waals surface area (Å²) in [6.45, 7) is 0.252. The van der Waals surface area contributed by atoms with Gasteiger partial charge < -0.3 is 5.32 Å². The predicted octanol–water partition coefficient (Wildman–Crippen LogP) is 2.11. The number of hydrogen-bond donors (Lipinski definition) is 1. The first kappa shape index (κ1) is 10.3. The van der Waals surface area contributed by atoms with Crippen molar-refractivity contribution < 1.29 is 9.18 Å². The van der Waals surface area contributed by atoms with E-state index in [4.69, 9.17) is 0 Å². The van der Waals surface area contributed by atoms with Gasteiger partial charge in [0, 0.05) is 5.56 Å². The molecule has 2 rings (SSSR count). The van der Waals surface area contributed by atoms with Gasteiger partial charge in [0.15, 0.2) is 5.78 Å². The van der Waals surface area contributed by atoms with Crippen LogP contribution in [0.4, 0.5) is 4.39 Å². The van der Waals surface area contributed by atoms with Gasteiger partial charge >= 0.3 is 0 Å². The lowest BCUT2D eigenvalue weighted by Crippen LogP contribution is -2.18. The topological polar surface area (TPSA) is 29.1 Å². The highest BCUT2D eigenvalue weighted by molar-refractivity contribution is 5.97. The Morgan fingerprint density at radius 2 is 2.27 bits per heavy atom. The molecule has 1 saturated carbocycles. The Labute approximate surface area is 88.5 Å². The van der Waals surface area contributed by atoms with Crippen molar-refractivity contribution in [2.45, 2.75) is 18.8 Å². The standard InChI is InChI=1S/C12H14FNO/c1-14-7-12(15)9-4-5-10(8-2-3-8)11(13)6-9/h4-6,8,14H,2-3,7H2,1H3. The maximum Gasteiger partial charge on any atom is 0.176 e. The van der Waals surface area contributed by atoms with Crippen molar-refractivity contribution in [3.8, 4) is 0 Å². The van der Waals surface area contributed by atoms with E-state index in [9.17, 15) is 9.18 Å². The number of carbonyl (C=O) groups excluding carboxylic acids is 1. The molecule has 0 bridgehead atoms. The molecule has 2 nitrogen and oxygen atoms in total. The third kappa shape index (κ3) is 2.23. The molecule has 1 aromatic rings. The van der Waals surface area contributed by atoms with Crippen molar-refractivity contribution >= 4 is 5.78 Å². The van der Waals surface area contributed by atoms with Gasteiger partial charge in [-0.05, 0) is 37.4 Å². The van der Waals surface area contributed by atoms with Crippen LogP contribution in [-0.4, -0.2) is 19.4 Å². The summed E-state index contributed by atoms with van der Waals surface area (Å²) in [4.78, 5) is 11.5. The summed E-state index contributed by atoms with van der Waals surface area (Å²) in [7, 11) is 1.70.